The minimum atomic E-state index is -3.71. The van der Waals surface area contributed by atoms with Gasteiger partial charge in [0.15, 0.2) is 11.5 Å². The smallest absolute Gasteiger partial charge is 0.282 e. The summed E-state index contributed by atoms with van der Waals surface area (Å²) in [6.45, 7) is 7.66. The number of hydrogen-bond acceptors (Lipinski definition) is 5. The molecule has 0 unspecified atom stereocenters. The highest BCUT2D eigenvalue weighted by molar-refractivity contribution is 7.87. The zero-order chi connectivity index (χ0) is 22.2. The molecule has 2 aromatic carbocycles. The molecule has 4 rings (SSSR count). The second-order valence-corrected chi connectivity index (χ2v) is 9.89. The molecule has 0 spiro atoms. The summed E-state index contributed by atoms with van der Waals surface area (Å²) in [6, 6.07) is 9.23. The zero-order valence-electron chi connectivity index (χ0n) is 18.0. The highest BCUT2D eigenvalue weighted by Gasteiger charge is 2.37. The van der Waals surface area contributed by atoms with Crippen molar-refractivity contribution in [2.45, 2.75) is 27.3 Å². The fraction of sp³-hybridized carbons (Fsp3) is 0.409. The van der Waals surface area contributed by atoms with Crippen molar-refractivity contribution in [2.24, 2.45) is 0 Å². The van der Waals surface area contributed by atoms with E-state index in [-0.39, 0.29) is 13.1 Å². The Kier molecular flexibility index (Phi) is 5.92. The Bertz CT molecular complexity index is 1090. The van der Waals surface area contributed by atoms with Gasteiger partial charge in [-0.3, -0.25) is 4.79 Å². The van der Waals surface area contributed by atoms with Crippen LogP contribution in [0.5, 0.6) is 11.5 Å². The molecule has 0 aliphatic carbocycles. The van der Waals surface area contributed by atoms with Crippen molar-refractivity contribution in [1.82, 2.24) is 8.61 Å². The van der Waals surface area contributed by atoms with E-state index in [1.165, 1.54) is 8.61 Å². The number of rotatable bonds is 5. The van der Waals surface area contributed by atoms with Crippen LogP contribution in [0.25, 0.3) is 0 Å². The van der Waals surface area contributed by atoms with Gasteiger partial charge in [-0.15, -0.1) is 0 Å². The van der Waals surface area contributed by atoms with E-state index >= 15 is 0 Å². The second kappa shape index (κ2) is 8.49. The predicted octanol–water partition coefficient (Wildman–Crippen LogP) is 2.38. The number of carbonyl (C=O) groups is 1. The lowest BCUT2D eigenvalue weighted by Crippen LogP contribution is -2.38. The Morgan fingerprint density at radius 3 is 2.32 bits per heavy atom. The van der Waals surface area contributed by atoms with E-state index in [2.05, 4.69) is 17.4 Å². The van der Waals surface area contributed by atoms with Gasteiger partial charge in [-0.05, 0) is 49.6 Å². The van der Waals surface area contributed by atoms with Crippen LogP contribution in [0.2, 0.25) is 0 Å². The number of ether oxygens (including phenoxy) is 2. The standard InChI is InChI=1S/C22H27N3O5S/c1-15-10-16(2)19(17(3)11-15)13-24-6-7-25(31(24,27)28)14-22(26)23-18-4-5-20-21(12-18)30-9-8-29-20/h4-5,10-12H,6-9,13-14H2,1-3H3,(H,23,26). The molecule has 8 nitrogen and oxygen atoms in total. The van der Waals surface area contributed by atoms with Gasteiger partial charge in [-0.2, -0.15) is 17.0 Å². The molecule has 0 bridgehead atoms. The van der Waals surface area contributed by atoms with Crippen LogP contribution in [-0.2, 0) is 21.5 Å². The maximum absolute atomic E-state index is 13.0. The molecule has 2 aliphatic rings. The largest absolute Gasteiger partial charge is 0.486 e. The van der Waals surface area contributed by atoms with Crippen molar-refractivity contribution in [3.05, 3.63) is 52.6 Å². The molecule has 1 amide bonds. The molecule has 2 aliphatic heterocycles. The monoisotopic (exact) mass is 445 g/mol. The fourth-order valence-electron chi connectivity index (χ4n) is 4.06. The number of nitrogens with one attached hydrogen (secondary N) is 1. The maximum Gasteiger partial charge on any atom is 0.282 e. The molecule has 2 heterocycles. The molecule has 0 saturated carbocycles. The van der Waals surface area contributed by atoms with Crippen LogP contribution in [-0.4, -0.2) is 55.8 Å². The lowest BCUT2D eigenvalue weighted by Gasteiger charge is -2.21. The third-order valence-electron chi connectivity index (χ3n) is 5.57. The molecule has 0 atom stereocenters. The summed E-state index contributed by atoms with van der Waals surface area (Å²) in [6.07, 6.45) is 0. The van der Waals surface area contributed by atoms with Gasteiger partial charge in [-0.25, -0.2) is 0 Å². The van der Waals surface area contributed by atoms with Crippen LogP contribution < -0.4 is 14.8 Å². The quantitative estimate of drug-likeness (QED) is 0.764. The topological polar surface area (TPSA) is 88.2 Å². The molecule has 9 heteroatoms. The minimum absolute atomic E-state index is 0.237. The Morgan fingerprint density at radius 2 is 1.61 bits per heavy atom. The molecule has 0 radical (unpaired) electrons. The molecular formula is C22H27N3O5S. The van der Waals surface area contributed by atoms with Crippen LogP contribution in [0.15, 0.2) is 30.3 Å². The van der Waals surface area contributed by atoms with Crippen LogP contribution in [0, 0.1) is 20.8 Å². The number of hydrogen-bond donors (Lipinski definition) is 1. The summed E-state index contributed by atoms with van der Waals surface area (Å²) >= 11 is 0. The van der Waals surface area contributed by atoms with Gasteiger partial charge in [0, 0.05) is 31.4 Å². The zero-order valence-corrected chi connectivity index (χ0v) is 18.8. The second-order valence-electron chi connectivity index (χ2n) is 7.96. The highest BCUT2D eigenvalue weighted by Crippen LogP contribution is 2.32. The molecule has 0 aromatic heterocycles. The van der Waals surface area contributed by atoms with E-state index in [0.717, 1.165) is 22.3 Å². The first kappa shape index (κ1) is 21.6. The lowest BCUT2D eigenvalue weighted by atomic mass is 10.00. The number of anilines is 1. The van der Waals surface area contributed by atoms with Crippen LogP contribution in [0.1, 0.15) is 22.3 Å². The SMILES string of the molecule is Cc1cc(C)c(CN2CCN(CC(=O)Nc3ccc4c(c3)OCCO4)S2(=O)=O)c(C)c1. The third kappa shape index (κ3) is 4.53. The van der Waals surface area contributed by atoms with Crippen molar-refractivity contribution in [3.63, 3.8) is 0 Å². The van der Waals surface area contributed by atoms with Crippen LogP contribution in [0.4, 0.5) is 5.69 Å². The van der Waals surface area contributed by atoms with Crippen LogP contribution >= 0.6 is 0 Å². The molecule has 166 valence electrons. The lowest BCUT2D eigenvalue weighted by molar-refractivity contribution is -0.116. The van der Waals surface area contributed by atoms with Crippen molar-refractivity contribution in [1.29, 1.82) is 0 Å². The Hall–Kier alpha value is -2.62. The number of benzene rings is 2. The van der Waals surface area contributed by atoms with Gasteiger partial charge in [0.25, 0.3) is 10.2 Å². The van der Waals surface area contributed by atoms with Gasteiger partial charge in [-0.1, -0.05) is 17.7 Å². The van der Waals surface area contributed by atoms with E-state index in [9.17, 15) is 13.2 Å². The number of amides is 1. The molecule has 1 N–H and O–H groups in total. The first-order valence-corrected chi connectivity index (χ1v) is 11.6. The molecular weight excluding hydrogens is 418 g/mol. The summed E-state index contributed by atoms with van der Waals surface area (Å²) in [5, 5.41) is 2.75. The predicted molar refractivity (Wildman–Crippen MR) is 118 cm³/mol. The van der Waals surface area contributed by atoms with Crippen molar-refractivity contribution in [2.75, 3.05) is 38.2 Å². The molecule has 1 saturated heterocycles. The maximum atomic E-state index is 13.0. The van der Waals surface area contributed by atoms with Gasteiger partial charge in [0.1, 0.15) is 13.2 Å². The van der Waals surface area contributed by atoms with E-state index in [1.807, 2.05) is 20.8 Å². The number of carbonyl (C=O) groups excluding carboxylic acids is 1. The van der Waals surface area contributed by atoms with Gasteiger partial charge < -0.3 is 14.8 Å². The average molecular weight is 446 g/mol. The van der Waals surface area contributed by atoms with E-state index in [1.54, 1.807) is 18.2 Å². The van der Waals surface area contributed by atoms with Crippen molar-refractivity contribution in [3.8, 4) is 11.5 Å². The average Bonchev–Trinajstić information content (AvgIpc) is 2.98. The third-order valence-corrected chi connectivity index (χ3v) is 7.50. The Balaban J connectivity index is 1.41. The minimum Gasteiger partial charge on any atom is -0.486 e. The van der Waals surface area contributed by atoms with E-state index < -0.39 is 16.1 Å². The summed E-state index contributed by atoms with van der Waals surface area (Å²) < 4.78 is 39.7. The Labute approximate surface area is 182 Å². The van der Waals surface area contributed by atoms with E-state index in [4.69, 9.17) is 9.47 Å². The van der Waals surface area contributed by atoms with Gasteiger partial charge >= 0.3 is 0 Å². The van der Waals surface area contributed by atoms with Crippen molar-refractivity contribution < 1.29 is 22.7 Å². The molecule has 1 fully saturated rings. The number of aryl methyl sites for hydroxylation is 3. The summed E-state index contributed by atoms with van der Waals surface area (Å²) in [5.74, 6) is 0.793. The van der Waals surface area contributed by atoms with Gasteiger partial charge in [0.05, 0.1) is 6.54 Å². The fourth-order valence-corrected chi connectivity index (χ4v) is 5.58. The number of fused-ring (bicyclic) bond motifs is 1. The molecule has 2 aromatic rings. The first-order chi connectivity index (χ1) is 14.7. The van der Waals surface area contributed by atoms with Crippen molar-refractivity contribution >= 4 is 21.8 Å². The normalized spacial score (nSPS) is 18.2. The Morgan fingerprint density at radius 1 is 0.968 bits per heavy atom. The van der Waals surface area contributed by atoms with Gasteiger partial charge in [0.2, 0.25) is 5.91 Å². The van der Waals surface area contributed by atoms with E-state index in [0.29, 0.717) is 43.5 Å². The summed E-state index contributed by atoms with van der Waals surface area (Å²) in [7, 11) is -3.71. The number of nitrogens with zero attached hydrogens (tertiary/aromatic N) is 2. The molecule has 31 heavy (non-hydrogen) atoms. The first-order valence-electron chi connectivity index (χ1n) is 10.3. The highest BCUT2D eigenvalue weighted by atomic mass is 32.2. The summed E-state index contributed by atoms with van der Waals surface area (Å²) in [5.41, 5.74) is 4.84. The summed E-state index contributed by atoms with van der Waals surface area (Å²) in [4.78, 5) is 12.5. The van der Waals surface area contributed by atoms with Crippen LogP contribution in [0.3, 0.4) is 0 Å².